The first-order valence-corrected chi connectivity index (χ1v) is 11.7. The second kappa shape index (κ2) is 8.46. The van der Waals surface area contributed by atoms with Crippen molar-refractivity contribution in [1.82, 2.24) is 24.8 Å². The summed E-state index contributed by atoms with van der Waals surface area (Å²) in [6.45, 7) is 3.29. The maximum absolute atomic E-state index is 12.5. The number of amides is 1. The zero-order valence-corrected chi connectivity index (χ0v) is 17.0. The van der Waals surface area contributed by atoms with Crippen LogP contribution in [-0.2, 0) is 21.2 Å². The molecule has 1 atom stereocenters. The molecule has 0 unspecified atom stereocenters. The molecular formula is C20H25N5O3S. The highest BCUT2D eigenvalue weighted by Crippen LogP contribution is 2.19. The monoisotopic (exact) mass is 415 g/mol. The number of nitrogens with zero attached hydrogens (tertiary/aromatic N) is 5. The van der Waals surface area contributed by atoms with Crippen molar-refractivity contribution in [3.05, 3.63) is 53.9 Å². The summed E-state index contributed by atoms with van der Waals surface area (Å²) >= 11 is 0. The molecule has 4 rings (SSSR count). The van der Waals surface area contributed by atoms with Crippen LogP contribution in [0.5, 0.6) is 0 Å². The van der Waals surface area contributed by atoms with Gasteiger partial charge in [-0.2, -0.15) is 0 Å². The Balaban J connectivity index is 1.27. The lowest BCUT2D eigenvalue weighted by atomic mass is 10.2. The van der Waals surface area contributed by atoms with Crippen molar-refractivity contribution in [2.45, 2.75) is 19.0 Å². The quantitative estimate of drug-likeness (QED) is 0.667. The molecule has 29 heavy (non-hydrogen) atoms. The maximum atomic E-state index is 12.5. The number of aromatic nitrogens is 3. The fourth-order valence-electron chi connectivity index (χ4n) is 3.87. The lowest BCUT2D eigenvalue weighted by molar-refractivity contribution is -0.127. The Bertz CT molecular complexity index is 979. The van der Waals surface area contributed by atoms with Crippen LogP contribution in [-0.4, -0.2) is 82.8 Å². The molecule has 0 radical (unpaired) electrons. The van der Waals surface area contributed by atoms with Gasteiger partial charge in [-0.25, -0.2) is 13.1 Å². The van der Waals surface area contributed by atoms with E-state index in [1.807, 2.05) is 36.5 Å². The summed E-state index contributed by atoms with van der Waals surface area (Å²) in [5, 5.41) is 8.20. The van der Waals surface area contributed by atoms with Crippen molar-refractivity contribution >= 4 is 21.8 Å². The first-order valence-electron chi connectivity index (χ1n) is 9.84. The molecule has 2 aliphatic heterocycles. The van der Waals surface area contributed by atoms with Gasteiger partial charge in [0, 0.05) is 38.3 Å². The van der Waals surface area contributed by atoms with Crippen molar-refractivity contribution in [2.75, 3.05) is 37.7 Å². The first kappa shape index (κ1) is 19.8. The highest BCUT2D eigenvalue weighted by molar-refractivity contribution is 7.91. The van der Waals surface area contributed by atoms with E-state index in [-0.39, 0.29) is 23.5 Å². The topological polar surface area (TPSA) is 88.4 Å². The normalized spacial score (nSPS) is 22.3. The van der Waals surface area contributed by atoms with Crippen molar-refractivity contribution in [3.8, 4) is 0 Å². The van der Waals surface area contributed by atoms with Crippen LogP contribution in [0.1, 0.15) is 17.7 Å². The summed E-state index contributed by atoms with van der Waals surface area (Å²) in [7, 11) is -2.88. The van der Waals surface area contributed by atoms with E-state index >= 15 is 0 Å². The maximum Gasteiger partial charge on any atom is 0.246 e. The largest absolute Gasteiger partial charge is 0.337 e. The van der Waals surface area contributed by atoms with Crippen LogP contribution >= 0.6 is 0 Å². The van der Waals surface area contributed by atoms with Gasteiger partial charge in [0.2, 0.25) is 5.91 Å². The minimum absolute atomic E-state index is 0.0543. The predicted molar refractivity (Wildman–Crippen MR) is 110 cm³/mol. The van der Waals surface area contributed by atoms with Crippen molar-refractivity contribution in [2.24, 2.45) is 0 Å². The molecule has 0 bridgehead atoms. The minimum Gasteiger partial charge on any atom is -0.337 e. The molecule has 2 aliphatic rings. The van der Waals surface area contributed by atoms with Gasteiger partial charge in [0.15, 0.2) is 9.84 Å². The van der Waals surface area contributed by atoms with Crippen LogP contribution < -0.4 is 0 Å². The van der Waals surface area contributed by atoms with E-state index in [4.69, 9.17) is 0 Å². The zero-order valence-electron chi connectivity index (χ0n) is 16.2. The highest BCUT2D eigenvalue weighted by Gasteiger charge is 2.34. The predicted octanol–water partition coefficient (Wildman–Crippen LogP) is 0.671. The van der Waals surface area contributed by atoms with Gasteiger partial charge in [0.05, 0.1) is 24.2 Å². The highest BCUT2D eigenvalue weighted by atomic mass is 32.2. The molecule has 1 aromatic carbocycles. The number of hydrogen-bond acceptors (Lipinski definition) is 6. The number of piperazine rings is 1. The van der Waals surface area contributed by atoms with E-state index < -0.39 is 9.84 Å². The Morgan fingerprint density at radius 2 is 1.90 bits per heavy atom. The molecule has 2 saturated heterocycles. The van der Waals surface area contributed by atoms with Crippen LogP contribution in [0.25, 0.3) is 6.08 Å². The Morgan fingerprint density at radius 3 is 2.59 bits per heavy atom. The fraction of sp³-hybridized carbons (Fsp3) is 0.450. The first-order chi connectivity index (χ1) is 14.0. The summed E-state index contributed by atoms with van der Waals surface area (Å²) in [5.74, 6) is 0.477. The van der Waals surface area contributed by atoms with E-state index in [2.05, 4.69) is 15.2 Å². The van der Waals surface area contributed by atoms with E-state index in [1.54, 1.807) is 15.7 Å². The fourth-order valence-corrected chi connectivity index (χ4v) is 5.63. The third kappa shape index (κ3) is 5.10. The number of rotatable bonds is 5. The standard InChI is InChI=1S/C20H25N5O3S/c26-20(24-11-9-23(10-12-24)19-8-13-29(27,28)16-19)7-6-18-15-25(22-21-18)14-17-4-2-1-3-5-17/h1-7,15,19H,8-14,16H2/b7-6+/t19-/m1/s1. The molecule has 154 valence electrons. The van der Waals surface area contributed by atoms with E-state index in [0.29, 0.717) is 44.8 Å². The summed E-state index contributed by atoms with van der Waals surface area (Å²) in [4.78, 5) is 16.5. The van der Waals surface area contributed by atoms with Gasteiger partial charge < -0.3 is 4.90 Å². The van der Waals surface area contributed by atoms with Gasteiger partial charge in [0.25, 0.3) is 0 Å². The molecule has 9 heteroatoms. The number of carbonyl (C=O) groups is 1. The summed E-state index contributed by atoms with van der Waals surface area (Å²) in [5.41, 5.74) is 1.78. The molecule has 1 aromatic heterocycles. The molecule has 8 nitrogen and oxygen atoms in total. The molecule has 0 saturated carbocycles. The zero-order chi connectivity index (χ0) is 20.3. The van der Waals surface area contributed by atoms with Crippen LogP contribution in [0.2, 0.25) is 0 Å². The molecule has 0 spiro atoms. The van der Waals surface area contributed by atoms with Crippen molar-refractivity contribution in [3.63, 3.8) is 0 Å². The average molecular weight is 416 g/mol. The van der Waals surface area contributed by atoms with Gasteiger partial charge in [-0.05, 0) is 18.1 Å². The Hall–Kier alpha value is -2.52. The molecule has 2 fully saturated rings. The smallest absolute Gasteiger partial charge is 0.246 e. The van der Waals surface area contributed by atoms with Crippen LogP contribution in [0.4, 0.5) is 0 Å². The van der Waals surface area contributed by atoms with Crippen molar-refractivity contribution in [1.29, 1.82) is 0 Å². The van der Waals surface area contributed by atoms with Crippen LogP contribution in [0.15, 0.2) is 42.6 Å². The van der Waals surface area contributed by atoms with Gasteiger partial charge in [0.1, 0.15) is 5.69 Å². The van der Waals surface area contributed by atoms with Gasteiger partial charge >= 0.3 is 0 Å². The molecule has 0 aliphatic carbocycles. The number of hydrogen-bond donors (Lipinski definition) is 0. The SMILES string of the molecule is O=C(/C=C/c1cn(Cc2ccccc2)nn1)N1CCN([C@@H]2CCS(=O)(=O)C2)CC1. The summed E-state index contributed by atoms with van der Waals surface area (Å²) < 4.78 is 25.1. The lowest BCUT2D eigenvalue weighted by Gasteiger charge is -2.37. The molecule has 1 amide bonds. The molecule has 2 aromatic rings. The van der Waals surface area contributed by atoms with Gasteiger partial charge in [-0.3, -0.25) is 9.69 Å². The van der Waals surface area contributed by atoms with Crippen molar-refractivity contribution < 1.29 is 13.2 Å². The van der Waals surface area contributed by atoms with E-state index in [9.17, 15) is 13.2 Å². The second-order valence-corrected chi connectivity index (χ2v) is 9.81. The average Bonchev–Trinajstić information content (AvgIpc) is 3.33. The van der Waals surface area contributed by atoms with E-state index in [0.717, 1.165) is 5.56 Å². The molecule has 3 heterocycles. The Morgan fingerprint density at radius 1 is 1.14 bits per heavy atom. The van der Waals surface area contributed by atoms with Gasteiger partial charge in [-0.1, -0.05) is 35.5 Å². The number of benzene rings is 1. The van der Waals surface area contributed by atoms with Crippen LogP contribution in [0.3, 0.4) is 0 Å². The minimum atomic E-state index is -2.88. The Labute approximate surface area is 170 Å². The molecule has 0 N–H and O–H groups in total. The third-order valence-corrected chi connectivity index (χ3v) is 7.24. The number of sulfone groups is 1. The second-order valence-electron chi connectivity index (χ2n) is 7.58. The molecular weight excluding hydrogens is 390 g/mol. The van der Waals surface area contributed by atoms with Gasteiger partial charge in [-0.15, -0.1) is 5.10 Å². The number of carbonyl (C=O) groups excluding carboxylic acids is 1. The summed E-state index contributed by atoms with van der Waals surface area (Å²) in [6, 6.07) is 10.1. The lowest BCUT2D eigenvalue weighted by Crippen LogP contribution is -2.52. The summed E-state index contributed by atoms with van der Waals surface area (Å²) in [6.07, 6.45) is 5.74. The van der Waals surface area contributed by atoms with Crippen LogP contribution in [0, 0.1) is 0 Å². The third-order valence-electron chi connectivity index (χ3n) is 5.49. The Kier molecular flexibility index (Phi) is 5.77. The van der Waals surface area contributed by atoms with E-state index in [1.165, 1.54) is 6.08 Å².